The van der Waals surface area contributed by atoms with E-state index in [0.29, 0.717) is 34.2 Å². The fraction of sp³-hybridized carbons (Fsp3) is 0.273. The first-order valence-corrected chi connectivity index (χ1v) is 11.5. The fourth-order valence-corrected chi connectivity index (χ4v) is 5.35. The van der Waals surface area contributed by atoms with Crippen LogP contribution in [0.15, 0.2) is 41.7 Å². The smallest absolute Gasteiger partial charge is 0.261 e. The average Bonchev–Trinajstić information content (AvgIpc) is 3.49. The molecule has 1 saturated heterocycles. The Morgan fingerprint density at radius 2 is 2.30 bits per heavy atom. The lowest BCUT2D eigenvalue weighted by Gasteiger charge is -2.30. The summed E-state index contributed by atoms with van der Waals surface area (Å²) in [5.41, 5.74) is 2.99. The summed E-state index contributed by atoms with van der Waals surface area (Å²) in [6.45, 7) is 4.34. The molecule has 6 heterocycles. The highest BCUT2D eigenvalue weighted by molar-refractivity contribution is 7.21. The zero-order chi connectivity index (χ0) is 22.5. The highest BCUT2D eigenvalue weighted by Gasteiger charge is 2.20. The van der Waals surface area contributed by atoms with Crippen molar-refractivity contribution in [2.75, 3.05) is 31.6 Å². The Kier molecular flexibility index (Phi) is 4.75. The van der Waals surface area contributed by atoms with Crippen molar-refractivity contribution in [3.8, 4) is 10.4 Å². The molecule has 0 bridgehead atoms. The zero-order valence-electron chi connectivity index (χ0n) is 17.8. The van der Waals surface area contributed by atoms with Crippen molar-refractivity contribution in [2.45, 2.75) is 13.0 Å². The molecule has 0 saturated carbocycles. The number of aromatic amines is 2. The molecule has 0 spiro atoms. The first kappa shape index (κ1) is 20.1. The molecular weight excluding hydrogens is 442 g/mol. The van der Waals surface area contributed by atoms with Gasteiger partial charge in [-0.05, 0) is 19.1 Å². The Balaban J connectivity index is 1.32. The standard InChI is InChI=1S/C22H21N7O3S/c1-12-9-28(4-5-32-12)11-17(30)25-14-6-15-19(24-8-14)20-18(21(31)26-15)22-29(27-20)10-16(33-22)13-2-3-23-7-13/h2-3,6-8,10,12,23H,4-5,9,11H2,1H3,(H,25,30)(H,26,31)/t12-/m0/s1. The van der Waals surface area contributed by atoms with Crippen LogP contribution in [-0.4, -0.2) is 67.7 Å². The lowest BCUT2D eigenvalue weighted by molar-refractivity contribution is -0.119. The van der Waals surface area contributed by atoms with E-state index in [1.807, 2.05) is 31.6 Å². The van der Waals surface area contributed by atoms with Gasteiger partial charge in [-0.15, -0.1) is 11.3 Å². The fourth-order valence-electron chi connectivity index (χ4n) is 4.27. The predicted octanol–water partition coefficient (Wildman–Crippen LogP) is 2.44. The maximum Gasteiger partial charge on any atom is 0.261 e. The van der Waals surface area contributed by atoms with Crippen LogP contribution in [0.25, 0.3) is 37.2 Å². The number of nitrogens with zero attached hydrogens (tertiary/aromatic N) is 4. The Bertz CT molecular complexity index is 1550. The molecule has 1 aliphatic rings. The maximum atomic E-state index is 12.9. The third kappa shape index (κ3) is 3.59. The molecule has 6 rings (SSSR count). The number of morpholine rings is 1. The summed E-state index contributed by atoms with van der Waals surface area (Å²) in [4.78, 5) is 39.8. The predicted molar refractivity (Wildman–Crippen MR) is 127 cm³/mol. The number of thiazole rings is 1. The monoisotopic (exact) mass is 463 g/mol. The van der Waals surface area contributed by atoms with Crippen LogP contribution >= 0.6 is 11.3 Å². The quantitative estimate of drug-likeness (QED) is 0.377. The molecule has 5 aromatic heterocycles. The summed E-state index contributed by atoms with van der Waals surface area (Å²) < 4.78 is 7.25. The molecule has 33 heavy (non-hydrogen) atoms. The number of fused-ring (bicyclic) bond motifs is 5. The zero-order valence-corrected chi connectivity index (χ0v) is 18.6. The van der Waals surface area contributed by atoms with Crippen LogP contribution < -0.4 is 10.9 Å². The van der Waals surface area contributed by atoms with E-state index in [1.165, 1.54) is 11.3 Å². The minimum atomic E-state index is -0.234. The van der Waals surface area contributed by atoms with E-state index in [-0.39, 0.29) is 24.1 Å². The molecule has 11 heteroatoms. The number of aromatic nitrogens is 5. The van der Waals surface area contributed by atoms with Crippen molar-refractivity contribution in [1.82, 2.24) is 29.5 Å². The summed E-state index contributed by atoms with van der Waals surface area (Å²) in [5.74, 6) is -0.131. The van der Waals surface area contributed by atoms with Gasteiger partial charge in [0.2, 0.25) is 5.91 Å². The summed E-state index contributed by atoms with van der Waals surface area (Å²) in [6, 6.07) is 3.70. The van der Waals surface area contributed by atoms with Gasteiger partial charge in [-0.1, -0.05) is 0 Å². The molecule has 10 nitrogen and oxygen atoms in total. The second-order valence-corrected chi connectivity index (χ2v) is 9.24. The second-order valence-electron chi connectivity index (χ2n) is 8.21. The van der Waals surface area contributed by atoms with Crippen molar-refractivity contribution in [3.63, 3.8) is 0 Å². The first-order chi connectivity index (χ1) is 16.0. The Labute approximate surface area is 191 Å². The number of anilines is 1. The number of hydrogen-bond acceptors (Lipinski definition) is 7. The van der Waals surface area contributed by atoms with E-state index in [4.69, 9.17) is 4.74 Å². The third-order valence-electron chi connectivity index (χ3n) is 5.76. The first-order valence-electron chi connectivity index (χ1n) is 10.7. The van der Waals surface area contributed by atoms with Gasteiger partial charge in [0.1, 0.15) is 21.3 Å². The summed E-state index contributed by atoms with van der Waals surface area (Å²) >= 11 is 1.50. The Hall–Kier alpha value is -3.54. The molecule has 1 fully saturated rings. The van der Waals surface area contributed by atoms with Gasteiger partial charge in [0.25, 0.3) is 5.56 Å². The van der Waals surface area contributed by atoms with Crippen molar-refractivity contribution < 1.29 is 9.53 Å². The van der Waals surface area contributed by atoms with Crippen molar-refractivity contribution in [1.29, 1.82) is 0 Å². The van der Waals surface area contributed by atoms with Crippen LogP contribution in [-0.2, 0) is 9.53 Å². The van der Waals surface area contributed by atoms with Crippen molar-refractivity contribution in [3.05, 3.63) is 47.3 Å². The SMILES string of the molecule is C[C@H]1CN(CC(=O)Nc2cnc3c(c2)[nH]c(=O)c2c3nn3cc(-c4cc[nH]c4)sc23)CCO1. The molecule has 0 radical (unpaired) electrons. The minimum absolute atomic E-state index is 0.116. The number of nitrogens with one attached hydrogen (secondary N) is 3. The van der Waals surface area contributed by atoms with Crippen molar-refractivity contribution >= 4 is 49.7 Å². The molecule has 0 aliphatic carbocycles. The number of carbonyl (C=O) groups is 1. The van der Waals surface area contributed by atoms with Crippen LogP contribution in [0.4, 0.5) is 5.69 Å². The van der Waals surface area contributed by atoms with Crippen LogP contribution in [0.2, 0.25) is 0 Å². The van der Waals surface area contributed by atoms with E-state index in [0.717, 1.165) is 28.4 Å². The van der Waals surface area contributed by atoms with Gasteiger partial charge >= 0.3 is 0 Å². The van der Waals surface area contributed by atoms with E-state index in [2.05, 4.69) is 30.3 Å². The number of ether oxygens (including phenoxy) is 1. The van der Waals surface area contributed by atoms with Crippen molar-refractivity contribution in [2.24, 2.45) is 0 Å². The highest BCUT2D eigenvalue weighted by atomic mass is 32.1. The number of hydrogen-bond donors (Lipinski definition) is 3. The van der Waals surface area contributed by atoms with E-state index in [9.17, 15) is 9.59 Å². The van der Waals surface area contributed by atoms with Crippen LogP contribution in [0.5, 0.6) is 0 Å². The van der Waals surface area contributed by atoms with E-state index >= 15 is 0 Å². The lowest BCUT2D eigenvalue weighted by atomic mass is 10.2. The van der Waals surface area contributed by atoms with Gasteiger partial charge in [0.15, 0.2) is 0 Å². The topological polar surface area (TPSA) is 120 Å². The number of pyridine rings is 2. The normalized spacial score (nSPS) is 17.3. The van der Waals surface area contributed by atoms with Gasteiger partial charge in [-0.3, -0.25) is 19.5 Å². The van der Waals surface area contributed by atoms with Gasteiger partial charge < -0.3 is 20.0 Å². The third-order valence-corrected chi connectivity index (χ3v) is 6.90. The molecule has 1 aliphatic heterocycles. The van der Waals surface area contributed by atoms with Gasteiger partial charge in [0, 0.05) is 37.2 Å². The summed E-state index contributed by atoms with van der Waals surface area (Å²) in [6.07, 6.45) is 7.39. The molecular formula is C22H21N7O3S. The van der Waals surface area contributed by atoms with Gasteiger partial charge in [-0.2, -0.15) is 5.10 Å². The molecule has 5 aromatic rings. The molecule has 0 unspecified atom stereocenters. The van der Waals surface area contributed by atoms with Crippen LogP contribution in [0, 0.1) is 0 Å². The Morgan fingerprint density at radius 3 is 3.12 bits per heavy atom. The average molecular weight is 464 g/mol. The molecule has 168 valence electrons. The number of rotatable bonds is 4. The van der Waals surface area contributed by atoms with E-state index < -0.39 is 0 Å². The number of H-pyrrole nitrogens is 2. The maximum absolute atomic E-state index is 12.9. The Morgan fingerprint density at radius 1 is 1.39 bits per heavy atom. The van der Waals surface area contributed by atoms with Crippen LogP contribution in [0.1, 0.15) is 6.92 Å². The second kappa shape index (κ2) is 7.80. The lowest BCUT2D eigenvalue weighted by Crippen LogP contribution is -2.44. The number of amides is 1. The largest absolute Gasteiger partial charge is 0.376 e. The molecule has 0 aromatic carbocycles. The highest BCUT2D eigenvalue weighted by Crippen LogP contribution is 2.33. The molecule has 1 amide bonds. The summed E-state index contributed by atoms with van der Waals surface area (Å²) in [7, 11) is 0. The molecule has 1 atom stereocenters. The summed E-state index contributed by atoms with van der Waals surface area (Å²) in [5, 5.41) is 8.03. The minimum Gasteiger partial charge on any atom is -0.376 e. The number of carbonyl (C=O) groups excluding carboxylic acids is 1. The molecule has 3 N–H and O–H groups in total. The van der Waals surface area contributed by atoms with Gasteiger partial charge in [-0.25, -0.2) is 4.52 Å². The van der Waals surface area contributed by atoms with E-state index in [1.54, 1.807) is 16.8 Å². The van der Waals surface area contributed by atoms with Crippen LogP contribution in [0.3, 0.4) is 0 Å². The van der Waals surface area contributed by atoms with Gasteiger partial charge in [0.05, 0.1) is 41.5 Å².